The molecule has 2 rings (SSSR count). The lowest BCUT2D eigenvalue weighted by molar-refractivity contribution is 1.11. The van der Waals surface area contributed by atoms with Gasteiger partial charge in [-0.15, -0.1) is 0 Å². The number of rotatable bonds is 0. The van der Waals surface area contributed by atoms with E-state index in [9.17, 15) is 0 Å². The normalized spacial score (nSPS) is 10.7. The van der Waals surface area contributed by atoms with Gasteiger partial charge < -0.3 is 4.40 Å². The third-order valence-electron chi connectivity index (χ3n) is 1.55. The van der Waals surface area contributed by atoms with Gasteiger partial charge in [0.25, 0.3) is 0 Å². The molecule has 2 nitrogen and oxygen atoms in total. The third kappa shape index (κ3) is 1.24. The van der Waals surface area contributed by atoms with E-state index in [1.54, 1.807) is 0 Å². The number of aryl methyl sites for hydroxylation is 1. The van der Waals surface area contributed by atoms with E-state index in [1.807, 2.05) is 10.6 Å². The van der Waals surface area contributed by atoms with Gasteiger partial charge in [-0.3, -0.25) is 0 Å². The maximum Gasteiger partial charge on any atom is 0.136 e. The first kappa shape index (κ1) is 7.09. The maximum atomic E-state index is 4.26. The number of hydrogen-bond acceptors (Lipinski definition) is 1. The van der Waals surface area contributed by atoms with Gasteiger partial charge in [-0.1, -0.05) is 0 Å². The summed E-state index contributed by atoms with van der Waals surface area (Å²) in [6.45, 7) is 2.07. The molecule has 0 saturated heterocycles. The monoisotopic (exact) mass is 258 g/mol. The maximum absolute atomic E-state index is 4.26. The van der Waals surface area contributed by atoms with Crippen molar-refractivity contribution in [1.29, 1.82) is 0 Å². The Morgan fingerprint density at radius 3 is 3.09 bits per heavy atom. The topological polar surface area (TPSA) is 17.3 Å². The Morgan fingerprint density at radius 1 is 1.45 bits per heavy atom. The molecule has 56 valence electrons. The third-order valence-corrected chi connectivity index (χ3v) is 2.10. The van der Waals surface area contributed by atoms with E-state index >= 15 is 0 Å². The molecule has 0 aliphatic carbocycles. The van der Waals surface area contributed by atoms with Crippen LogP contribution in [0, 0.1) is 10.5 Å². The van der Waals surface area contributed by atoms with Crippen LogP contribution in [0.5, 0.6) is 0 Å². The molecule has 0 amide bonds. The highest BCUT2D eigenvalue weighted by atomic mass is 127. The van der Waals surface area contributed by atoms with Crippen LogP contribution in [-0.4, -0.2) is 9.38 Å². The molecule has 0 aliphatic rings. The average Bonchev–Trinajstić information content (AvgIpc) is 2.27. The van der Waals surface area contributed by atoms with E-state index in [4.69, 9.17) is 0 Å². The van der Waals surface area contributed by atoms with Crippen LogP contribution in [-0.2, 0) is 0 Å². The molecule has 0 atom stereocenters. The molecule has 0 fully saturated rings. The van der Waals surface area contributed by atoms with Crippen LogP contribution in [0.3, 0.4) is 0 Å². The average molecular weight is 258 g/mol. The van der Waals surface area contributed by atoms with Gasteiger partial charge in [0, 0.05) is 22.2 Å². The van der Waals surface area contributed by atoms with Crippen LogP contribution in [0.4, 0.5) is 0 Å². The Balaban J connectivity index is 2.82. The summed E-state index contributed by atoms with van der Waals surface area (Å²) in [5.74, 6) is 0. The van der Waals surface area contributed by atoms with E-state index in [-0.39, 0.29) is 0 Å². The Labute approximate surface area is 78.4 Å². The molecule has 0 radical (unpaired) electrons. The zero-order valence-electron chi connectivity index (χ0n) is 6.08. The van der Waals surface area contributed by atoms with Gasteiger partial charge >= 0.3 is 0 Å². The number of halogens is 1. The minimum atomic E-state index is 1.02. The van der Waals surface area contributed by atoms with Gasteiger partial charge in [-0.2, -0.15) is 0 Å². The summed E-state index contributed by atoms with van der Waals surface area (Å²) in [5, 5.41) is 0. The van der Waals surface area contributed by atoms with Crippen molar-refractivity contribution in [3.05, 3.63) is 33.8 Å². The van der Waals surface area contributed by atoms with Crippen LogP contribution in [0.15, 0.2) is 24.7 Å². The highest BCUT2D eigenvalue weighted by molar-refractivity contribution is 14.1. The molecule has 0 unspecified atom stereocenters. The van der Waals surface area contributed by atoms with Crippen LogP contribution in [0.25, 0.3) is 5.65 Å². The Kier molecular flexibility index (Phi) is 1.60. The summed E-state index contributed by atoms with van der Waals surface area (Å²) in [6.07, 6.45) is 6.01. The van der Waals surface area contributed by atoms with Gasteiger partial charge in [-0.05, 0) is 41.1 Å². The molecule has 0 bridgehead atoms. The highest BCUT2D eigenvalue weighted by Crippen LogP contribution is 2.08. The van der Waals surface area contributed by atoms with Gasteiger partial charge in [-0.25, -0.2) is 4.98 Å². The summed E-state index contributed by atoms with van der Waals surface area (Å²) >= 11 is 2.25. The van der Waals surface area contributed by atoms with E-state index < -0.39 is 0 Å². The molecule has 2 aromatic heterocycles. The van der Waals surface area contributed by atoms with E-state index in [1.165, 1.54) is 5.56 Å². The smallest absolute Gasteiger partial charge is 0.136 e. The molecule has 0 aromatic carbocycles. The first-order valence-corrected chi connectivity index (χ1v) is 4.43. The Morgan fingerprint density at radius 2 is 2.27 bits per heavy atom. The van der Waals surface area contributed by atoms with Crippen molar-refractivity contribution in [3.63, 3.8) is 0 Å². The van der Waals surface area contributed by atoms with Gasteiger partial charge in [0.05, 0.1) is 0 Å². The highest BCUT2D eigenvalue weighted by Gasteiger charge is 1.95. The minimum absolute atomic E-state index is 1.02. The fourth-order valence-corrected chi connectivity index (χ4v) is 1.54. The van der Waals surface area contributed by atoms with Gasteiger partial charge in [0.2, 0.25) is 0 Å². The predicted octanol–water partition coefficient (Wildman–Crippen LogP) is 2.25. The van der Waals surface area contributed by atoms with E-state index in [0.717, 1.165) is 9.22 Å². The molecule has 11 heavy (non-hydrogen) atoms. The summed E-state index contributed by atoms with van der Waals surface area (Å²) in [4.78, 5) is 4.26. The summed E-state index contributed by atoms with van der Waals surface area (Å²) < 4.78 is 3.20. The molecule has 3 heteroatoms. The van der Waals surface area contributed by atoms with Crippen LogP contribution < -0.4 is 0 Å². The molecular formula is C8H7IN2. The zero-order valence-corrected chi connectivity index (χ0v) is 8.24. The number of hydrogen-bond donors (Lipinski definition) is 0. The number of nitrogens with zero attached hydrogens (tertiary/aromatic N) is 2. The summed E-state index contributed by atoms with van der Waals surface area (Å²) in [7, 11) is 0. The first-order valence-electron chi connectivity index (χ1n) is 3.35. The van der Waals surface area contributed by atoms with Gasteiger partial charge in [0.15, 0.2) is 0 Å². The quantitative estimate of drug-likeness (QED) is 0.662. The van der Waals surface area contributed by atoms with Gasteiger partial charge in [0.1, 0.15) is 5.65 Å². The first-order chi connectivity index (χ1) is 5.25. The van der Waals surface area contributed by atoms with Crippen LogP contribution >= 0.6 is 22.6 Å². The van der Waals surface area contributed by atoms with Crippen molar-refractivity contribution in [2.45, 2.75) is 6.92 Å². The lowest BCUT2D eigenvalue weighted by Crippen LogP contribution is -1.85. The molecule has 0 aliphatic heterocycles. The minimum Gasteiger partial charge on any atom is -0.307 e. The van der Waals surface area contributed by atoms with Crippen molar-refractivity contribution in [2.24, 2.45) is 0 Å². The van der Waals surface area contributed by atoms with E-state index in [2.05, 4.69) is 53.0 Å². The van der Waals surface area contributed by atoms with Crippen molar-refractivity contribution >= 4 is 28.2 Å². The lowest BCUT2D eigenvalue weighted by Gasteiger charge is -1.92. The predicted molar refractivity (Wildman–Crippen MR) is 52.6 cm³/mol. The second kappa shape index (κ2) is 2.48. The fourth-order valence-electron chi connectivity index (χ4n) is 1.10. The molecule has 0 saturated carbocycles. The van der Waals surface area contributed by atoms with E-state index in [0.29, 0.717) is 0 Å². The van der Waals surface area contributed by atoms with Crippen molar-refractivity contribution in [1.82, 2.24) is 9.38 Å². The largest absolute Gasteiger partial charge is 0.307 e. The number of aromatic nitrogens is 2. The molecule has 2 aromatic rings. The zero-order chi connectivity index (χ0) is 7.84. The van der Waals surface area contributed by atoms with Crippen molar-refractivity contribution < 1.29 is 0 Å². The summed E-state index contributed by atoms with van der Waals surface area (Å²) in [5.41, 5.74) is 2.27. The molecule has 0 N–H and O–H groups in total. The molecule has 0 spiro atoms. The standard InChI is InChI=1S/C8H7IN2/c1-6-2-8-10-3-7(9)5-11(8)4-6/h2-5H,1H3. The van der Waals surface area contributed by atoms with Crippen molar-refractivity contribution in [2.75, 3.05) is 0 Å². The molecule has 2 heterocycles. The lowest BCUT2D eigenvalue weighted by atomic mass is 10.4. The second-order valence-electron chi connectivity index (χ2n) is 2.56. The Bertz CT molecular complexity index is 392. The van der Waals surface area contributed by atoms with Crippen molar-refractivity contribution in [3.8, 4) is 0 Å². The molecular weight excluding hydrogens is 251 g/mol. The number of fused-ring (bicyclic) bond motifs is 1. The SMILES string of the molecule is Cc1cc2ncc(I)cn2c1. The fraction of sp³-hybridized carbons (Fsp3) is 0.125. The summed E-state index contributed by atoms with van der Waals surface area (Å²) in [6, 6.07) is 2.07. The van der Waals surface area contributed by atoms with Crippen LogP contribution in [0.1, 0.15) is 5.56 Å². The second-order valence-corrected chi connectivity index (χ2v) is 3.80. The van der Waals surface area contributed by atoms with Crippen LogP contribution in [0.2, 0.25) is 0 Å². The Hall–Kier alpha value is -0.580.